The van der Waals surface area contributed by atoms with E-state index in [2.05, 4.69) is 26.2 Å². The van der Waals surface area contributed by atoms with Gasteiger partial charge in [-0.1, -0.05) is 0 Å². The second-order valence-electron chi connectivity index (χ2n) is 4.04. The molecule has 0 saturated carbocycles. The van der Waals surface area contributed by atoms with Crippen LogP contribution in [0, 0.1) is 6.92 Å². The highest BCUT2D eigenvalue weighted by molar-refractivity contribution is 9.10. The third-order valence-corrected chi connectivity index (χ3v) is 3.22. The molecular weight excluding hydrogens is 296 g/mol. The van der Waals surface area contributed by atoms with Gasteiger partial charge in [0.1, 0.15) is 5.82 Å². The van der Waals surface area contributed by atoms with Crippen LogP contribution in [0.25, 0.3) is 0 Å². The number of hydrogen-bond donors (Lipinski definition) is 1. The van der Waals surface area contributed by atoms with Gasteiger partial charge in [0.2, 0.25) is 6.79 Å². The van der Waals surface area contributed by atoms with Crippen molar-refractivity contribution in [1.82, 2.24) is 4.98 Å². The molecule has 1 aromatic heterocycles. The molecule has 1 aliphatic heterocycles. The summed E-state index contributed by atoms with van der Waals surface area (Å²) in [6.45, 7) is 2.29. The summed E-state index contributed by atoms with van der Waals surface area (Å²) in [7, 11) is 0. The van der Waals surface area contributed by atoms with Gasteiger partial charge in [0.25, 0.3) is 0 Å². The van der Waals surface area contributed by atoms with Crippen LogP contribution < -0.4 is 14.8 Å². The Kier molecular flexibility index (Phi) is 2.83. The lowest BCUT2D eigenvalue weighted by molar-refractivity contribution is 0.174. The molecule has 1 aliphatic rings. The number of pyridine rings is 1. The van der Waals surface area contributed by atoms with E-state index in [1.807, 2.05) is 37.4 Å². The number of hydrogen-bond acceptors (Lipinski definition) is 4. The standard InChI is InChI=1S/C13H11BrN2O2/c1-8-4-10(14)13(15-6-8)16-9-2-3-11-12(5-9)18-7-17-11/h2-6H,7H2,1H3,(H,15,16). The zero-order valence-electron chi connectivity index (χ0n) is 9.74. The summed E-state index contributed by atoms with van der Waals surface area (Å²) in [6, 6.07) is 7.73. The summed E-state index contributed by atoms with van der Waals surface area (Å²) in [6.07, 6.45) is 1.82. The molecule has 2 aromatic rings. The normalized spacial score (nSPS) is 12.6. The molecule has 1 N–H and O–H groups in total. The van der Waals surface area contributed by atoms with Gasteiger partial charge in [-0.25, -0.2) is 4.98 Å². The van der Waals surface area contributed by atoms with Crippen LogP contribution in [0.15, 0.2) is 34.9 Å². The van der Waals surface area contributed by atoms with E-state index in [0.717, 1.165) is 33.0 Å². The fourth-order valence-corrected chi connectivity index (χ4v) is 2.30. The Balaban J connectivity index is 1.88. The fraction of sp³-hybridized carbons (Fsp3) is 0.154. The summed E-state index contributed by atoms with van der Waals surface area (Å²) in [4.78, 5) is 4.34. The van der Waals surface area contributed by atoms with Crippen molar-refractivity contribution in [3.8, 4) is 11.5 Å². The zero-order valence-corrected chi connectivity index (χ0v) is 11.3. The van der Waals surface area contributed by atoms with Gasteiger partial charge in [-0.3, -0.25) is 0 Å². The van der Waals surface area contributed by atoms with E-state index in [0.29, 0.717) is 0 Å². The van der Waals surface area contributed by atoms with E-state index < -0.39 is 0 Å². The lowest BCUT2D eigenvalue weighted by Gasteiger charge is -2.08. The van der Waals surface area contributed by atoms with Gasteiger partial charge < -0.3 is 14.8 Å². The van der Waals surface area contributed by atoms with Gasteiger partial charge in [0, 0.05) is 18.0 Å². The Morgan fingerprint density at radius 1 is 1.22 bits per heavy atom. The second kappa shape index (κ2) is 4.49. The van der Waals surface area contributed by atoms with E-state index in [1.165, 1.54) is 0 Å². The van der Waals surface area contributed by atoms with Crippen LogP contribution in [-0.4, -0.2) is 11.8 Å². The molecule has 92 valence electrons. The van der Waals surface area contributed by atoms with Gasteiger partial charge in [0.05, 0.1) is 4.47 Å². The number of fused-ring (bicyclic) bond motifs is 1. The maximum Gasteiger partial charge on any atom is 0.231 e. The molecule has 4 nitrogen and oxygen atoms in total. The van der Waals surface area contributed by atoms with Crippen LogP contribution in [0.1, 0.15) is 5.56 Å². The molecule has 0 radical (unpaired) electrons. The molecule has 0 spiro atoms. The molecule has 0 fully saturated rings. The number of anilines is 2. The highest BCUT2D eigenvalue weighted by atomic mass is 79.9. The first-order valence-electron chi connectivity index (χ1n) is 5.51. The molecule has 3 rings (SSSR count). The largest absolute Gasteiger partial charge is 0.454 e. The second-order valence-corrected chi connectivity index (χ2v) is 4.89. The average molecular weight is 307 g/mol. The smallest absolute Gasteiger partial charge is 0.231 e. The molecule has 0 bridgehead atoms. The van der Waals surface area contributed by atoms with Gasteiger partial charge in [0.15, 0.2) is 11.5 Å². The molecule has 0 unspecified atom stereocenters. The highest BCUT2D eigenvalue weighted by Gasteiger charge is 2.13. The molecular formula is C13H11BrN2O2. The summed E-state index contributed by atoms with van der Waals surface area (Å²) >= 11 is 3.49. The number of ether oxygens (including phenoxy) is 2. The van der Waals surface area contributed by atoms with Crippen LogP contribution in [0.4, 0.5) is 11.5 Å². The summed E-state index contributed by atoms with van der Waals surface area (Å²) in [5, 5.41) is 3.24. The minimum Gasteiger partial charge on any atom is -0.454 e. The van der Waals surface area contributed by atoms with E-state index in [-0.39, 0.29) is 6.79 Å². The Labute approximate surface area is 113 Å². The van der Waals surface area contributed by atoms with E-state index in [9.17, 15) is 0 Å². The third-order valence-electron chi connectivity index (χ3n) is 2.61. The molecule has 0 saturated heterocycles. The van der Waals surface area contributed by atoms with Crippen molar-refractivity contribution < 1.29 is 9.47 Å². The topological polar surface area (TPSA) is 43.4 Å². The van der Waals surface area contributed by atoms with Crippen molar-refractivity contribution >= 4 is 27.4 Å². The fourth-order valence-electron chi connectivity index (χ4n) is 1.74. The van der Waals surface area contributed by atoms with Crippen LogP contribution >= 0.6 is 15.9 Å². The molecule has 1 aromatic carbocycles. The van der Waals surface area contributed by atoms with Gasteiger partial charge in [-0.05, 0) is 46.6 Å². The first-order chi connectivity index (χ1) is 8.72. The average Bonchev–Trinajstić information content (AvgIpc) is 2.80. The monoisotopic (exact) mass is 306 g/mol. The number of halogens is 1. The Morgan fingerprint density at radius 2 is 2.06 bits per heavy atom. The molecule has 18 heavy (non-hydrogen) atoms. The maximum atomic E-state index is 5.33. The minimum atomic E-state index is 0.283. The van der Waals surface area contributed by atoms with Crippen LogP contribution in [0.2, 0.25) is 0 Å². The first kappa shape index (κ1) is 11.3. The quantitative estimate of drug-likeness (QED) is 0.920. The molecule has 0 atom stereocenters. The Hall–Kier alpha value is -1.75. The maximum absolute atomic E-state index is 5.33. The van der Waals surface area contributed by atoms with Gasteiger partial charge in [-0.15, -0.1) is 0 Å². The molecule has 0 aliphatic carbocycles. The van der Waals surface area contributed by atoms with E-state index >= 15 is 0 Å². The Bertz CT molecular complexity index is 602. The number of aryl methyl sites for hydroxylation is 1. The minimum absolute atomic E-state index is 0.283. The number of nitrogens with one attached hydrogen (secondary N) is 1. The van der Waals surface area contributed by atoms with Crippen molar-refractivity contribution in [2.45, 2.75) is 6.92 Å². The SMILES string of the molecule is Cc1cnc(Nc2ccc3c(c2)OCO3)c(Br)c1. The third kappa shape index (κ3) is 2.13. The summed E-state index contributed by atoms with van der Waals surface area (Å²) in [5.41, 5.74) is 2.02. The lowest BCUT2D eigenvalue weighted by Crippen LogP contribution is -1.95. The van der Waals surface area contributed by atoms with Crippen LogP contribution in [-0.2, 0) is 0 Å². The van der Waals surface area contributed by atoms with Crippen LogP contribution in [0.3, 0.4) is 0 Å². The number of benzene rings is 1. The molecule has 0 amide bonds. The van der Waals surface area contributed by atoms with E-state index in [4.69, 9.17) is 9.47 Å². The lowest BCUT2D eigenvalue weighted by atomic mass is 10.2. The van der Waals surface area contributed by atoms with Crippen molar-refractivity contribution in [2.24, 2.45) is 0 Å². The molecule has 2 heterocycles. The zero-order chi connectivity index (χ0) is 12.5. The Morgan fingerprint density at radius 3 is 2.89 bits per heavy atom. The predicted molar refractivity (Wildman–Crippen MR) is 72.5 cm³/mol. The van der Waals surface area contributed by atoms with Crippen molar-refractivity contribution in [2.75, 3.05) is 12.1 Å². The number of aromatic nitrogens is 1. The number of rotatable bonds is 2. The van der Waals surface area contributed by atoms with Gasteiger partial charge in [-0.2, -0.15) is 0 Å². The summed E-state index contributed by atoms with van der Waals surface area (Å²) < 4.78 is 11.5. The first-order valence-corrected chi connectivity index (χ1v) is 6.30. The van der Waals surface area contributed by atoms with Crippen LogP contribution in [0.5, 0.6) is 11.5 Å². The van der Waals surface area contributed by atoms with Crippen molar-refractivity contribution in [3.63, 3.8) is 0 Å². The van der Waals surface area contributed by atoms with E-state index in [1.54, 1.807) is 0 Å². The highest BCUT2D eigenvalue weighted by Crippen LogP contribution is 2.35. The summed E-state index contributed by atoms with van der Waals surface area (Å²) in [5.74, 6) is 2.30. The van der Waals surface area contributed by atoms with Gasteiger partial charge >= 0.3 is 0 Å². The number of nitrogens with zero attached hydrogens (tertiary/aromatic N) is 1. The van der Waals surface area contributed by atoms with Crippen molar-refractivity contribution in [1.29, 1.82) is 0 Å². The van der Waals surface area contributed by atoms with Crippen molar-refractivity contribution in [3.05, 3.63) is 40.5 Å². The molecule has 5 heteroatoms. The predicted octanol–water partition coefficient (Wildman–Crippen LogP) is 3.62.